The van der Waals surface area contributed by atoms with Crippen molar-refractivity contribution in [2.45, 2.75) is 39.7 Å². The Balaban J connectivity index is 2.20. The minimum absolute atomic E-state index is 0.00926. The second-order valence-electron chi connectivity index (χ2n) is 5.05. The molecule has 0 aromatic carbocycles. The van der Waals surface area contributed by atoms with Crippen molar-refractivity contribution in [1.82, 2.24) is 0 Å². The van der Waals surface area contributed by atoms with E-state index >= 15 is 0 Å². The Kier molecular flexibility index (Phi) is 1.39. The lowest BCUT2D eigenvalue weighted by Gasteiger charge is -2.61. The zero-order valence-electron chi connectivity index (χ0n) is 7.67. The van der Waals surface area contributed by atoms with Gasteiger partial charge in [-0.15, -0.1) is 0 Å². The summed E-state index contributed by atoms with van der Waals surface area (Å²) in [5, 5.41) is 9.72. The maximum atomic E-state index is 9.72. The highest BCUT2D eigenvalue weighted by atomic mass is 16.3. The van der Waals surface area contributed by atoms with E-state index in [1.807, 2.05) is 0 Å². The number of aliphatic hydroxyl groups excluding tert-OH is 1. The highest BCUT2D eigenvalue weighted by Crippen LogP contribution is 2.61. The quantitative estimate of drug-likeness (QED) is 0.566. The van der Waals surface area contributed by atoms with Crippen molar-refractivity contribution in [2.75, 3.05) is 0 Å². The molecule has 0 amide bonds. The van der Waals surface area contributed by atoms with Gasteiger partial charge in [-0.3, -0.25) is 0 Å². The summed E-state index contributed by atoms with van der Waals surface area (Å²) in [7, 11) is 0. The fraction of sp³-hybridized carbons (Fsp3) is 1.00. The smallest absolute Gasteiger partial charge is 0.0576 e. The van der Waals surface area contributed by atoms with Crippen molar-refractivity contribution in [3.05, 3.63) is 0 Å². The lowest BCUT2D eigenvalue weighted by molar-refractivity contribution is -0.167. The van der Waals surface area contributed by atoms with Crippen molar-refractivity contribution in [3.8, 4) is 0 Å². The molecule has 3 aliphatic rings. The predicted octanol–water partition coefficient (Wildman–Crippen LogP) is 2.05. The fourth-order valence-electron chi connectivity index (χ4n) is 3.32. The minimum atomic E-state index is -0.00926. The first-order valence-corrected chi connectivity index (χ1v) is 4.71. The van der Waals surface area contributed by atoms with Crippen LogP contribution in [0.15, 0.2) is 0 Å². The third-order valence-electron chi connectivity index (χ3n) is 4.18. The second-order valence-corrected chi connectivity index (χ2v) is 5.05. The monoisotopic (exact) mass is 154 g/mol. The third-order valence-corrected chi connectivity index (χ3v) is 4.18. The van der Waals surface area contributed by atoms with Gasteiger partial charge in [0.2, 0.25) is 0 Å². The summed E-state index contributed by atoms with van der Waals surface area (Å²) in [6, 6.07) is 0. The average molecular weight is 154 g/mol. The van der Waals surface area contributed by atoms with E-state index in [2.05, 4.69) is 20.8 Å². The lowest BCUT2D eigenvalue weighted by atomic mass is 9.45. The van der Waals surface area contributed by atoms with Crippen LogP contribution in [0.5, 0.6) is 0 Å². The van der Waals surface area contributed by atoms with Crippen LogP contribution < -0.4 is 0 Å². The first kappa shape index (κ1) is 7.60. The molecule has 0 aliphatic heterocycles. The molecular weight excluding hydrogens is 136 g/mol. The Morgan fingerprint density at radius 2 is 1.82 bits per heavy atom. The summed E-state index contributed by atoms with van der Waals surface area (Å²) in [6.07, 6.45) is 2.30. The van der Waals surface area contributed by atoms with Gasteiger partial charge in [-0.2, -0.15) is 0 Å². The summed E-state index contributed by atoms with van der Waals surface area (Å²) in [4.78, 5) is 0. The molecule has 0 heterocycles. The first-order chi connectivity index (χ1) is 5.03. The SMILES string of the molecule is C[C@H]1C[C@H](O)[C@@H]2C[C@@H]1C2(C)C. The van der Waals surface area contributed by atoms with Crippen LogP contribution in [0.3, 0.4) is 0 Å². The molecular formula is C10H18O. The molecule has 0 radical (unpaired) electrons. The maximum Gasteiger partial charge on any atom is 0.0576 e. The largest absolute Gasteiger partial charge is 0.393 e. The predicted molar refractivity (Wildman–Crippen MR) is 45.2 cm³/mol. The van der Waals surface area contributed by atoms with E-state index in [-0.39, 0.29) is 6.10 Å². The first-order valence-electron chi connectivity index (χ1n) is 4.71. The molecule has 64 valence electrons. The molecule has 0 saturated heterocycles. The number of hydrogen-bond donors (Lipinski definition) is 1. The molecule has 3 rings (SSSR count). The Labute approximate surface area is 68.8 Å². The van der Waals surface area contributed by atoms with Crippen LogP contribution in [0.4, 0.5) is 0 Å². The van der Waals surface area contributed by atoms with Crippen molar-refractivity contribution in [1.29, 1.82) is 0 Å². The summed E-state index contributed by atoms with van der Waals surface area (Å²) in [5.74, 6) is 2.23. The Bertz CT molecular complexity index is 158. The van der Waals surface area contributed by atoms with E-state index in [1.165, 1.54) is 6.42 Å². The van der Waals surface area contributed by atoms with Crippen molar-refractivity contribution in [2.24, 2.45) is 23.2 Å². The van der Waals surface area contributed by atoms with Crippen LogP contribution in [0.1, 0.15) is 33.6 Å². The van der Waals surface area contributed by atoms with Gasteiger partial charge in [0.15, 0.2) is 0 Å². The van der Waals surface area contributed by atoms with Crippen LogP contribution >= 0.6 is 0 Å². The van der Waals surface area contributed by atoms with E-state index < -0.39 is 0 Å². The molecule has 0 aromatic rings. The van der Waals surface area contributed by atoms with E-state index in [1.54, 1.807) is 0 Å². The number of fused-ring (bicyclic) bond motifs is 2. The van der Waals surface area contributed by atoms with Gasteiger partial charge >= 0.3 is 0 Å². The molecule has 11 heavy (non-hydrogen) atoms. The molecule has 3 saturated carbocycles. The molecule has 2 bridgehead atoms. The molecule has 3 aliphatic carbocycles. The molecule has 1 nitrogen and oxygen atoms in total. The van der Waals surface area contributed by atoms with Gasteiger partial charge in [0.1, 0.15) is 0 Å². The molecule has 3 fully saturated rings. The van der Waals surface area contributed by atoms with Crippen LogP contribution in [-0.2, 0) is 0 Å². The maximum absolute atomic E-state index is 9.72. The van der Waals surface area contributed by atoms with E-state index in [0.29, 0.717) is 11.3 Å². The van der Waals surface area contributed by atoms with Gasteiger partial charge < -0.3 is 5.11 Å². The van der Waals surface area contributed by atoms with Crippen LogP contribution in [0.25, 0.3) is 0 Å². The minimum Gasteiger partial charge on any atom is -0.393 e. The lowest BCUT2D eigenvalue weighted by Crippen LogP contribution is -2.57. The van der Waals surface area contributed by atoms with Crippen LogP contribution in [0, 0.1) is 23.2 Å². The average Bonchev–Trinajstić information content (AvgIpc) is 1.84. The topological polar surface area (TPSA) is 20.2 Å². The number of aliphatic hydroxyl groups is 1. The van der Waals surface area contributed by atoms with E-state index in [4.69, 9.17) is 0 Å². The van der Waals surface area contributed by atoms with Gasteiger partial charge in [-0.05, 0) is 36.0 Å². The number of rotatable bonds is 0. The third kappa shape index (κ3) is 0.807. The van der Waals surface area contributed by atoms with Gasteiger partial charge in [0.05, 0.1) is 6.10 Å². The molecule has 0 spiro atoms. The molecule has 1 N–H and O–H groups in total. The highest BCUT2D eigenvalue weighted by Gasteiger charge is 2.56. The van der Waals surface area contributed by atoms with Crippen LogP contribution in [-0.4, -0.2) is 11.2 Å². The van der Waals surface area contributed by atoms with Gasteiger partial charge in [-0.1, -0.05) is 20.8 Å². The van der Waals surface area contributed by atoms with Crippen molar-refractivity contribution < 1.29 is 5.11 Å². The van der Waals surface area contributed by atoms with Crippen molar-refractivity contribution in [3.63, 3.8) is 0 Å². The summed E-state index contributed by atoms with van der Waals surface area (Å²) in [5.41, 5.74) is 0.428. The number of hydrogen-bond acceptors (Lipinski definition) is 1. The standard InChI is InChI=1S/C10H18O/c1-6-4-9(11)8-5-7(6)10(8,2)3/h6-9,11H,4-5H2,1-3H3/t6-,7-,8-,9-/m0/s1. The van der Waals surface area contributed by atoms with E-state index in [9.17, 15) is 5.11 Å². The zero-order chi connectivity index (χ0) is 8.22. The fourth-order valence-corrected chi connectivity index (χ4v) is 3.32. The molecule has 4 atom stereocenters. The summed E-state index contributed by atoms with van der Waals surface area (Å²) in [6.45, 7) is 6.90. The highest BCUT2D eigenvalue weighted by molar-refractivity contribution is 5.05. The Hall–Kier alpha value is -0.0400. The molecule has 0 aromatic heterocycles. The zero-order valence-corrected chi connectivity index (χ0v) is 7.67. The Morgan fingerprint density at radius 1 is 1.18 bits per heavy atom. The molecule has 0 unspecified atom stereocenters. The Morgan fingerprint density at radius 3 is 2.18 bits per heavy atom. The van der Waals surface area contributed by atoms with Crippen LogP contribution in [0.2, 0.25) is 0 Å². The molecule has 1 heteroatoms. The summed E-state index contributed by atoms with van der Waals surface area (Å²) >= 11 is 0. The van der Waals surface area contributed by atoms with E-state index in [0.717, 1.165) is 18.3 Å². The van der Waals surface area contributed by atoms with Gasteiger partial charge in [-0.25, -0.2) is 0 Å². The van der Waals surface area contributed by atoms with Crippen molar-refractivity contribution >= 4 is 0 Å². The summed E-state index contributed by atoms with van der Waals surface area (Å²) < 4.78 is 0. The van der Waals surface area contributed by atoms with Gasteiger partial charge in [0.25, 0.3) is 0 Å². The normalized spacial score (nSPS) is 53.5. The van der Waals surface area contributed by atoms with Gasteiger partial charge in [0, 0.05) is 0 Å². The second kappa shape index (κ2) is 2.01.